The molecule has 28 heavy (non-hydrogen) atoms. The average molecular weight is 378 g/mol. The van der Waals surface area contributed by atoms with Crippen LogP contribution < -0.4 is 21.2 Å². The number of methoxy groups -OCH3 is 1. The predicted molar refractivity (Wildman–Crippen MR) is 105 cm³/mol. The molecular weight excluding hydrogens is 363 g/mol. The van der Waals surface area contributed by atoms with E-state index in [9.17, 15) is 14.0 Å². The number of pyridine rings is 1. The number of ether oxygens (including phenoxy) is 1. The summed E-state index contributed by atoms with van der Waals surface area (Å²) in [5, 5.41) is 3.20. The third-order valence-corrected chi connectivity index (χ3v) is 4.23. The number of nitrogens with zero attached hydrogens (tertiary/aromatic N) is 1. The van der Waals surface area contributed by atoms with E-state index in [0.29, 0.717) is 17.0 Å². The van der Waals surface area contributed by atoms with Crippen LogP contribution in [0.5, 0.6) is 5.75 Å². The first-order chi connectivity index (χ1) is 13.5. The van der Waals surface area contributed by atoms with Crippen molar-refractivity contribution in [2.75, 3.05) is 12.4 Å². The Labute approximate surface area is 157 Å². The van der Waals surface area contributed by atoms with Gasteiger partial charge >= 0.3 is 0 Å². The number of halogens is 1. The molecule has 2 aromatic carbocycles. The molecule has 3 N–H and O–H groups in total. The maximum atomic E-state index is 13.1. The Morgan fingerprint density at radius 3 is 2.36 bits per heavy atom. The van der Waals surface area contributed by atoms with Crippen molar-refractivity contribution in [1.29, 1.82) is 0 Å². The summed E-state index contributed by atoms with van der Waals surface area (Å²) in [4.78, 5) is 34.5. The van der Waals surface area contributed by atoms with E-state index in [1.807, 2.05) is 0 Å². The molecule has 140 valence electrons. The van der Waals surface area contributed by atoms with Crippen molar-refractivity contribution in [2.24, 2.45) is 0 Å². The van der Waals surface area contributed by atoms with Crippen molar-refractivity contribution in [1.82, 2.24) is 15.0 Å². The lowest BCUT2D eigenvalue weighted by Gasteiger charge is -2.08. The van der Waals surface area contributed by atoms with Crippen LogP contribution in [0.4, 0.5) is 16.0 Å². The topological polar surface area (TPSA) is 99.9 Å². The maximum Gasteiger partial charge on any atom is 0.261 e. The van der Waals surface area contributed by atoms with Crippen LogP contribution in [0, 0.1) is 5.82 Å². The van der Waals surface area contributed by atoms with Crippen LogP contribution in [0.25, 0.3) is 22.2 Å². The van der Waals surface area contributed by atoms with Crippen LogP contribution in [0.1, 0.15) is 0 Å². The first kappa shape index (κ1) is 17.5. The van der Waals surface area contributed by atoms with Crippen LogP contribution in [-0.4, -0.2) is 22.1 Å². The fraction of sp³-hybridized carbons (Fsp3) is 0.0500. The highest BCUT2D eigenvalue weighted by molar-refractivity contribution is 5.81. The number of hydrogen-bond donors (Lipinski definition) is 3. The van der Waals surface area contributed by atoms with Gasteiger partial charge in [-0.15, -0.1) is 0 Å². The summed E-state index contributed by atoms with van der Waals surface area (Å²) in [7, 11) is 1.57. The van der Waals surface area contributed by atoms with Gasteiger partial charge in [0.2, 0.25) is 5.95 Å². The number of anilines is 2. The van der Waals surface area contributed by atoms with Crippen molar-refractivity contribution in [2.45, 2.75) is 0 Å². The van der Waals surface area contributed by atoms with Crippen LogP contribution in [-0.2, 0) is 0 Å². The van der Waals surface area contributed by atoms with E-state index in [0.717, 1.165) is 0 Å². The van der Waals surface area contributed by atoms with Gasteiger partial charge in [0.15, 0.2) is 0 Å². The lowest BCUT2D eigenvalue weighted by Crippen LogP contribution is -2.17. The van der Waals surface area contributed by atoms with Gasteiger partial charge in [0.25, 0.3) is 11.1 Å². The van der Waals surface area contributed by atoms with E-state index in [4.69, 9.17) is 4.74 Å². The minimum atomic E-state index is -0.424. The minimum Gasteiger partial charge on any atom is -0.497 e. The van der Waals surface area contributed by atoms with Gasteiger partial charge in [0.05, 0.1) is 12.5 Å². The molecule has 0 radical (unpaired) electrons. The van der Waals surface area contributed by atoms with E-state index < -0.39 is 16.9 Å². The summed E-state index contributed by atoms with van der Waals surface area (Å²) in [6, 6.07) is 14.0. The van der Waals surface area contributed by atoms with E-state index in [2.05, 4.69) is 20.3 Å². The van der Waals surface area contributed by atoms with E-state index >= 15 is 0 Å². The molecule has 0 spiro atoms. The molecule has 0 atom stereocenters. The van der Waals surface area contributed by atoms with Crippen molar-refractivity contribution >= 4 is 22.7 Å². The highest BCUT2D eigenvalue weighted by atomic mass is 19.1. The number of aromatic nitrogens is 3. The lowest BCUT2D eigenvalue weighted by molar-refractivity contribution is 0.415. The molecule has 0 bridgehead atoms. The second-order valence-electron chi connectivity index (χ2n) is 6.05. The zero-order valence-corrected chi connectivity index (χ0v) is 14.7. The number of rotatable bonds is 4. The predicted octanol–water partition coefficient (Wildman–Crippen LogP) is 3.17. The molecule has 2 aromatic heterocycles. The van der Waals surface area contributed by atoms with Crippen LogP contribution in [0.15, 0.2) is 64.2 Å². The summed E-state index contributed by atoms with van der Waals surface area (Å²) < 4.78 is 18.2. The monoisotopic (exact) mass is 378 g/mol. The summed E-state index contributed by atoms with van der Waals surface area (Å²) >= 11 is 0. The summed E-state index contributed by atoms with van der Waals surface area (Å²) in [5.74, 6) is 0.478. The summed E-state index contributed by atoms with van der Waals surface area (Å²) in [5.41, 5.74) is 0.762. The molecule has 0 amide bonds. The Bertz CT molecular complexity index is 1260. The largest absolute Gasteiger partial charge is 0.497 e. The number of hydrogen-bond acceptors (Lipinski definition) is 5. The van der Waals surface area contributed by atoms with E-state index in [-0.39, 0.29) is 22.5 Å². The van der Waals surface area contributed by atoms with Gasteiger partial charge in [-0.2, -0.15) is 4.98 Å². The molecule has 4 aromatic rings. The average Bonchev–Trinajstić information content (AvgIpc) is 2.69. The molecule has 4 rings (SSSR count). The third kappa shape index (κ3) is 3.35. The molecule has 8 heteroatoms. The van der Waals surface area contributed by atoms with Crippen LogP contribution >= 0.6 is 0 Å². The SMILES string of the molecule is COc1ccc(Nc2nc3[nH]c(=O)c(-c4ccc(F)cc4)cc3c(=O)[nH]2)cc1. The molecule has 0 saturated carbocycles. The number of H-pyrrole nitrogens is 2. The number of aromatic amines is 2. The summed E-state index contributed by atoms with van der Waals surface area (Å²) in [6.07, 6.45) is 0. The van der Waals surface area contributed by atoms with Gasteiger partial charge in [0, 0.05) is 11.3 Å². The van der Waals surface area contributed by atoms with Gasteiger partial charge in [-0.1, -0.05) is 12.1 Å². The maximum absolute atomic E-state index is 13.1. The Morgan fingerprint density at radius 2 is 1.68 bits per heavy atom. The van der Waals surface area contributed by atoms with Gasteiger partial charge in [-0.05, 0) is 48.0 Å². The quantitative estimate of drug-likeness (QED) is 0.507. The number of fused-ring (bicyclic) bond motifs is 1. The fourth-order valence-electron chi connectivity index (χ4n) is 2.81. The van der Waals surface area contributed by atoms with Crippen LogP contribution in [0.3, 0.4) is 0 Å². The van der Waals surface area contributed by atoms with Crippen molar-refractivity contribution < 1.29 is 9.13 Å². The summed E-state index contributed by atoms with van der Waals surface area (Å²) in [6.45, 7) is 0. The Hall–Kier alpha value is -3.94. The zero-order chi connectivity index (χ0) is 19.7. The second kappa shape index (κ2) is 6.99. The Morgan fingerprint density at radius 1 is 0.964 bits per heavy atom. The molecule has 0 fully saturated rings. The van der Waals surface area contributed by atoms with Gasteiger partial charge in [-0.25, -0.2) is 4.39 Å². The van der Waals surface area contributed by atoms with E-state index in [1.54, 1.807) is 31.4 Å². The number of nitrogens with one attached hydrogen (secondary N) is 3. The van der Waals surface area contributed by atoms with Gasteiger partial charge < -0.3 is 15.0 Å². The number of benzene rings is 2. The van der Waals surface area contributed by atoms with Crippen molar-refractivity contribution in [3.05, 3.63) is 81.1 Å². The molecular formula is C20H15FN4O3. The molecule has 0 aliphatic heterocycles. The lowest BCUT2D eigenvalue weighted by atomic mass is 10.1. The molecule has 0 unspecified atom stereocenters. The van der Waals surface area contributed by atoms with Gasteiger partial charge in [-0.3, -0.25) is 14.6 Å². The van der Waals surface area contributed by atoms with Gasteiger partial charge in [0.1, 0.15) is 17.2 Å². The third-order valence-electron chi connectivity index (χ3n) is 4.23. The first-order valence-corrected chi connectivity index (χ1v) is 8.38. The molecule has 2 heterocycles. The van der Waals surface area contributed by atoms with Crippen molar-refractivity contribution in [3.8, 4) is 16.9 Å². The standard InChI is InChI=1S/C20H15FN4O3/c1-28-14-8-6-13(7-9-14)22-20-24-17-16(19(27)25-20)10-15(18(26)23-17)11-2-4-12(21)5-3-11/h2-10H,1H3,(H3,22,23,24,25,26,27). The molecule has 0 aliphatic carbocycles. The smallest absolute Gasteiger partial charge is 0.261 e. The molecule has 0 saturated heterocycles. The first-order valence-electron chi connectivity index (χ1n) is 8.38. The highest BCUT2D eigenvalue weighted by Gasteiger charge is 2.11. The van der Waals surface area contributed by atoms with Crippen molar-refractivity contribution in [3.63, 3.8) is 0 Å². The normalized spacial score (nSPS) is 10.8. The molecule has 0 aliphatic rings. The highest BCUT2D eigenvalue weighted by Crippen LogP contribution is 2.20. The fourth-order valence-corrected chi connectivity index (χ4v) is 2.81. The minimum absolute atomic E-state index is 0.149. The van der Waals surface area contributed by atoms with Crippen LogP contribution in [0.2, 0.25) is 0 Å². The zero-order valence-electron chi connectivity index (χ0n) is 14.7. The molecule has 7 nitrogen and oxygen atoms in total. The Balaban J connectivity index is 1.74. The second-order valence-corrected chi connectivity index (χ2v) is 6.05. The van der Waals surface area contributed by atoms with E-state index in [1.165, 1.54) is 30.3 Å². The Kier molecular flexibility index (Phi) is 4.36.